The van der Waals surface area contributed by atoms with E-state index in [-0.39, 0.29) is 23.2 Å². The fourth-order valence-corrected chi connectivity index (χ4v) is 4.60. The highest BCUT2D eigenvalue weighted by Gasteiger charge is 2.51. The molecule has 0 radical (unpaired) electrons. The summed E-state index contributed by atoms with van der Waals surface area (Å²) in [6.45, 7) is 0.776. The Bertz CT molecular complexity index is 755. The van der Waals surface area contributed by atoms with Crippen LogP contribution in [-0.2, 0) is 9.59 Å². The number of nitrogens with one attached hydrogen (secondary N) is 1. The van der Waals surface area contributed by atoms with Crippen LogP contribution in [0, 0.1) is 17.3 Å². The number of carbonyl (C=O) groups excluding carboxylic acids is 2. The van der Waals surface area contributed by atoms with Gasteiger partial charge in [0.2, 0.25) is 5.91 Å². The number of carbonyl (C=O) groups is 2. The Morgan fingerprint density at radius 2 is 2.00 bits per heavy atom. The maximum Gasteiger partial charge on any atom is 0.274 e. The lowest BCUT2D eigenvalue weighted by molar-refractivity contribution is -0.128. The summed E-state index contributed by atoms with van der Waals surface area (Å²) in [5, 5.41) is 8.80. The van der Waals surface area contributed by atoms with Gasteiger partial charge in [0.25, 0.3) is 5.91 Å². The van der Waals surface area contributed by atoms with Crippen LogP contribution in [0.1, 0.15) is 25.7 Å². The molecule has 4 rings (SSSR count). The molecular formula is C20H22N2O3. The van der Waals surface area contributed by atoms with Gasteiger partial charge in [-0.2, -0.15) is 0 Å². The van der Waals surface area contributed by atoms with Gasteiger partial charge in [-0.05, 0) is 49.7 Å². The molecule has 0 aromatic heterocycles. The first kappa shape index (κ1) is 16.1. The summed E-state index contributed by atoms with van der Waals surface area (Å²) in [5.41, 5.74) is 2.90. The number of allylic oxidation sites excluding steroid dienone is 2. The molecular weight excluding hydrogens is 316 g/mol. The molecule has 1 aliphatic heterocycles. The number of hydrogen-bond donors (Lipinski definition) is 2. The van der Waals surface area contributed by atoms with Crippen molar-refractivity contribution < 1.29 is 14.8 Å². The first-order valence-electron chi connectivity index (χ1n) is 8.84. The van der Waals surface area contributed by atoms with Crippen LogP contribution in [-0.4, -0.2) is 23.6 Å². The van der Waals surface area contributed by atoms with Crippen LogP contribution in [0.3, 0.4) is 0 Å². The Morgan fingerprint density at radius 1 is 1.20 bits per heavy atom. The second kappa shape index (κ2) is 6.15. The zero-order chi connectivity index (χ0) is 17.4. The fraction of sp³-hybridized carbons (Fsp3) is 0.400. The minimum absolute atomic E-state index is 0.244. The molecule has 2 unspecified atom stereocenters. The van der Waals surface area contributed by atoms with Crippen molar-refractivity contribution in [1.29, 1.82) is 0 Å². The SMILES string of the molecule is O=C(NO)C1=CC2CC[C@]3(CCN(c4ccccc4)C3=O)CC2C=C1. The van der Waals surface area contributed by atoms with Crippen molar-refractivity contribution in [3.63, 3.8) is 0 Å². The molecule has 3 atom stereocenters. The van der Waals surface area contributed by atoms with Crippen molar-refractivity contribution >= 4 is 17.5 Å². The maximum atomic E-state index is 13.2. The summed E-state index contributed by atoms with van der Waals surface area (Å²) in [7, 11) is 0. The summed E-state index contributed by atoms with van der Waals surface area (Å²) in [4.78, 5) is 26.7. The Balaban J connectivity index is 1.52. The normalized spacial score (nSPS) is 31.0. The van der Waals surface area contributed by atoms with E-state index in [1.54, 1.807) is 11.6 Å². The number of benzene rings is 1. The molecule has 5 nitrogen and oxygen atoms in total. The fourth-order valence-electron chi connectivity index (χ4n) is 4.60. The third kappa shape index (κ3) is 2.68. The van der Waals surface area contributed by atoms with Gasteiger partial charge >= 0.3 is 0 Å². The molecule has 2 fully saturated rings. The predicted octanol–water partition coefficient (Wildman–Crippen LogP) is 2.83. The largest absolute Gasteiger partial charge is 0.312 e. The molecule has 1 saturated heterocycles. The van der Waals surface area contributed by atoms with E-state index in [1.165, 1.54) is 0 Å². The molecule has 25 heavy (non-hydrogen) atoms. The van der Waals surface area contributed by atoms with Gasteiger partial charge in [0.1, 0.15) is 0 Å². The highest BCUT2D eigenvalue weighted by molar-refractivity contribution is 6.00. The zero-order valence-corrected chi connectivity index (χ0v) is 14.0. The second-order valence-electron chi connectivity index (χ2n) is 7.32. The minimum atomic E-state index is -0.470. The van der Waals surface area contributed by atoms with Crippen LogP contribution in [0.5, 0.6) is 0 Å². The van der Waals surface area contributed by atoms with E-state index in [0.29, 0.717) is 5.57 Å². The monoisotopic (exact) mass is 338 g/mol. The molecule has 1 heterocycles. The van der Waals surface area contributed by atoms with E-state index in [4.69, 9.17) is 5.21 Å². The smallest absolute Gasteiger partial charge is 0.274 e. The van der Waals surface area contributed by atoms with Crippen LogP contribution in [0.15, 0.2) is 54.1 Å². The number of para-hydroxylation sites is 1. The van der Waals surface area contributed by atoms with Gasteiger partial charge in [0, 0.05) is 17.8 Å². The quantitative estimate of drug-likeness (QED) is 0.643. The number of hydrogen-bond acceptors (Lipinski definition) is 3. The standard InChI is InChI=1S/C20H22N2O3/c23-18(21-25)15-6-7-16-13-20(9-8-14(16)12-15)10-11-22(19(20)24)17-4-2-1-3-5-17/h1-7,12,14,16,25H,8-11,13H2,(H,21,23)/t14?,16?,20-/m0/s1. The van der Waals surface area contributed by atoms with Gasteiger partial charge in [-0.15, -0.1) is 0 Å². The van der Waals surface area contributed by atoms with Crippen LogP contribution >= 0.6 is 0 Å². The van der Waals surface area contributed by atoms with Gasteiger partial charge in [-0.1, -0.05) is 36.4 Å². The third-order valence-electron chi connectivity index (χ3n) is 5.99. The van der Waals surface area contributed by atoms with Gasteiger partial charge in [0.15, 0.2) is 0 Å². The van der Waals surface area contributed by atoms with Crippen molar-refractivity contribution in [2.45, 2.75) is 25.7 Å². The first-order chi connectivity index (χ1) is 12.1. The van der Waals surface area contributed by atoms with Crippen LogP contribution in [0.25, 0.3) is 0 Å². The Hall–Kier alpha value is -2.40. The van der Waals surface area contributed by atoms with Gasteiger partial charge < -0.3 is 4.90 Å². The lowest BCUT2D eigenvalue weighted by atomic mass is 9.63. The summed E-state index contributed by atoms with van der Waals surface area (Å²) < 4.78 is 0. The van der Waals surface area contributed by atoms with E-state index >= 15 is 0 Å². The summed E-state index contributed by atoms with van der Waals surface area (Å²) in [5.74, 6) is 0.320. The number of rotatable bonds is 2. The average molecular weight is 338 g/mol. The molecule has 1 aromatic carbocycles. The van der Waals surface area contributed by atoms with Crippen LogP contribution in [0.4, 0.5) is 5.69 Å². The van der Waals surface area contributed by atoms with Crippen molar-refractivity contribution in [2.24, 2.45) is 17.3 Å². The summed E-state index contributed by atoms with van der Waals surface area (Å²) >= 11 is 0. The van der Waals surface area contributed by atoms with Gasteiger partial charge in [-0.25, -0.2) is 5.48 Å². The lowest BCUT2D eigenvalue weighted by Crippen LogP contribution is -2.41. The Morgan fingerprint density at radius 3 is 2.76 bits per heavy atom. The van der Waals surface area contributed by atoms with Crippen LogP contribution < -0.4 is 10.4 Å². The van der Waals surface area contributed by atoms with Crippen LogP contribution in [0.2, 0.25) is 0 Å². The topological polar surface area (TPSA) is 69.6 Å². The lowest BCUT2D eigenvalue weighted by Gasteiger charge is -2.40. The predicted molar refractivity (Wildman–Crippen MR) is 93.8 cm³/mol. The molecule has 1 aromatic rings. The molecule has 130 valence electrons. The van der Waals surface area contributed by atoms with Crippen molar-refractivity contribution in [2.75, 3.05) is 11.4 Å². The highest BCUT2D eigenvalue weighted by Crippen LogP contribution is 2.51. The van der Waals surface area contributed by atoms with Crippen molar-refractivity contribution in [1.82, 2.24) is 5.48 Å². The van der Waals surface area contributed by atoms with Gasteiger partial charge in [0.05, 0.1) is 5.41 Å². The molecule has 0 bridgehead atoms. The molecule has 1 spiro atoms. The average Bonchev–Trinajstić information content (AvgIpc) is 2.97. The maximum absolute atomic E-state index is 13.2. The highest BCUT2D eigenvalue weighted by atomic mass is 16.5. The molecule has 3 aliphatic rings. The number of nitrogens with zero attached hydrogens (tertiary/aromatic N) is 1. The second-order valence-corrected chi connectivity index (χ2v) is 7.32. The Kier molecular flexibility index (Phi) is 3.96. The van der Waals surface area contributed by atoms with E-state index in [0.717, 1.165) is 37.9 Å². The van der Waals surface area contributed by atoms with Crippen molar-refractivity contribution in [3.8, 4) is 0 Å². The van der Waals surface area contributed by atoms with E-state index in [1.807, 2.05) is 47.4 Å². The molecule has 5 heteroatoms. The number of amides is 2. The summed E-state index contributed by atoms with van der Waals surface area (Å²) in [6, 6.07) is 9.88. The Labute approximate surface area is 147 Å². The number of anilines is 1. The number of hydroxylamine groups is 1. The van der Waals surface area contributed by atoms with E-state index in [9.17, 15) is 9.59 Å². The van der Waals surface area contributed by atoms with Gasteiger partial charge in [-0.3, -0.25) is 14.8 Å². The summed E-state index contributed by atoms with van der Waals surface area (Å²) in [6.07, 6.45) is 9.22. The molecule has 1 saturated carbocycles. The minimum Gasteiger partial charge on any atom is -0.312 e. The van der Waals surface area contributed by atoms with E-state index in [2.05, 4.69) is 0 Å². The number of fused-ring (bicyclic) bond motifs is 1. The van der Waals surface area contributed by atoms with Crippen molar-refractivity contribution in [3.05, 3.63) is 54.1 Å². The molecule has 2 amide bonds. The third-order valence-corrected chi connectivity index (χ3v) is 5.99. The first-order valence-corrected chi connectivity index (χ1v) is 8.84. The zero-order valence-electron chi connectivity index (χ0n) is 14.0. The van der Waals surface area contributed by atoms with E-state index < -0.39 is 5.91 Å². The molecule has 2 N–H and O–H groups in total. The molecule has 2 aliphatic carbocycles.